The number of nitrogens with one attached hydrogen (secondary N) is 2. The minimum Gasteiger partial charge on any atom is -0.486 e. The summed E-state index contributed by atoms with van der Waals surface area (Å²) in [6, 6.07) is 19.2. The van der Waals surface area contributed by atoms with Crippen molar-refractivity contribution in [2.24, 2.45) is 0 Å². The number of pyridine rings is 2. The molecule has 3 aromatic carbocycles. The van der Waals surface area contributed by atoms with Gasteiger partial charge < -0.3 is 25.4 Å². The van der Waals surface area contributed by atoms with Crippen LogP contribution in [-0.2, 0) is 4.79 Å². The topological polar surface area (TPSA) is 99.6 Å². The van der Waals surface area contributed by atoms with E-state index in [0.717, 1.165) is 51.6 Å². The molecule has 1 amide bonds. The molecular weight excluding hydrogens is 682 g/mol. The Kier molecular flexibility index (Phi) is 12.7. The average molecular weight is 736 g/mol. The number of fused-ring (bicyclic) bond motifs is 2. The molecule has 0 saturated heterocycles. The predicted molar refractivity (Wildman–Crippen MR) is 221 cm³/mol. The van der Waals surface area contributed by atoms with Gasteiger partial charge in [0.25, 0.3) is 0 Å². The van der Waals surface area contributed by atoms with Gasteiger partial charge in [0, 0.05) is 50.8 Å². The van der Waals surface area contributed by atoms with Gasteiger partial charge in [0.1, 0.15) is 24.1 Å². The number of aryl methyl sites for hydroxylation is 7. The minimum absolute atomic E-state index is 0.0829. The third-order valence-corrected chi connectivity index (χ3v) is 10.1. The fourth-order valence-corrected chi connectivity index (χ4v) is 7.72. The van der Waals surface area contributed by atoms with Crippen molar-refractivity contribution < 1.29 is 14.6 Å². The van der Waals surface area contributed by atoms with Gasteiger partial charge in [0.15, 0.2) is 5.82 Å². The number of anilines is 4. The highest BCUT2D eigenvalue weighted by molar-refractivity contribution is 6.30. The van der Waals surface area contributed by atoms with E-state index in [1.807, 2.05) is 44.7 Å². The van der Waals surface area contributed by atoms with Gasteiger partial charge in [-0.3, -0.25) is 9.78 Å². The molecule has 5 aromatic rings. The van der Waals surface area contributed by atoms with Crippen LogP contribution in [0.5, 0.6) is 5.75 Å². The molecular formula is C44H54ClN5O3. The van der Waals surface area contributed by atoms with Crippen molar-refractivity contribution in [2.75, 3.05) is 28.7 Å². The number of rotatable bonds is 10. The van der Waals surface area contributed by atoms with Gasteiger partial charge >= 0.3 is 0 Å². The number of hydrogen-bond acceptors (Lipinski definition) is 7. The number of carbonyl (C=O) groups is 1. The summed E-state index contributed by atoms with van der Waals surface area (Å²) < 4.78 is 5.97. The first kappa shape index (κ1) is 39.5. The van der Waals surface area contributed by atoms with Crippen molar-refractivity contribution in [3.05, 3.63) is 98.8 Å². The molecule has 0 bridgehead atoms. The van der Waals surface area contributed by atoms with E-state index >= 15 is 0 Å². The van der Waals surface area contributed by atoms with Crippen molar-refractivity contribution in [1.29, 1.82) is 0 Å². The molecule has 0 aliphatic carbocycles. The highest BCUT2D eigenvalue weighted by atomic mass is 35.5. The lowest BCUT2D eigenvalue weighted by molar-refractivity contribution is -0.115. The summed E-state index contributed by atoms with van der Waals surface area (Å²) in [4.78, 5) is 24.0. The second-order valence-electron chi connectivity index (χ2n) is 14.3. The summed E-state index contributed by atoms with van der Waals surface area (Å²) in [5.41, 5.74) is 13.7. The zero-order valence-electron chi connectivity index (χ0n) is 32.9. The van der Waals surface area contributed by atoms with E-state index in [1.165, 1.54) is 38.9 Å². The summed E-state index contributed by atoms with van der Waals surface area (Å²) >= 11 is 6.24. The normalized spacial score (nSPS) is 13.0. The molecule has 1 atom stereocenters. The largest absolute Gasteiger partial charge is 0.486 e. The predicted octanol–water partition coefficient (Wildman–Crippen LogP) is 10.6. The summed E-state index contributed by atoms with van der Waals surface area (Å²) in [5.74, 6) is 1.10. The van der Waals surface area contributed by atoms with Crippen LogP contribution in [0.25, 0.3) is 22.0 Å². The number of halogens is 1. The van der Waals surface area contributed by atoms with Crippen LogP contribution in [0.15, 0.2) is 54.6 Å². The van der Waals surface area contributed by atoms with Crippen LogP contribution < -0.4 is 20.3 Å². The molecule has 53 heavy (non-hydrogen) atoms. The Hall–Kier alpha value is -4.66. The number of benzene rings is 3. The van der Waals surface area contributed by atoms with E-state index in [0.29, 0.717) is 29.7 Å². The van der Waals surface area contributed by atoms with E-state index in [1.54, 1.807) is 6.07 Å². The molecule has 9 heteroatoms. The SMILES string of the molecule is CCC(CC)Nc1cc(C)nc2c(-c3c(C)cc(Cl)cc3C)cccc12.CCC(CO)Oc1cc(C)nc2c1NC(=O)CN2c1c(C)cc(C)cc1C. The number of aliphatic hydroxyl groups excluding tert-OH is 1. The number of aliphatic hydroxyl groups is 1. The second kappa shape index (κ2) is 17.0. The summed E-state index contributed by atoms with van der Waals surface area (Å²) in [5, 5.41) is 18.1. The number of ether oxygens (including phenoxy) is 1. The first-order valence-corrected chi connectivity index (χ1v) is 19.0. The van der Waals surface area contributed by atoms with Crippen molar-refractivity contribution in [3.8, 4) is 16.9 Å². The Bertz CT molecular complexity index is 2080. The van der Waals surface area contributed by atoms with Crippen molar-refractivity contribution in [2.45, 2.75) is 101 Å². The molecule has 0 spiro atoms. The maximum absolute atomic E-state index is 12.5. The highest BCUT2D eigenvalue weighted by Gasteiger charge is 2.30. The zero-order valence-corrected chi connectivity index (χ0v) is 33.6. The van der Waals surface area contributed by atoms with Gasteiger partial charge in [-0.25, -0.2) is 4.98 Å². The Morgan fingerprint density at radius 1 is 0.868 bits per heavy atom. The lowest BCUT2D eigenvalue weighted by Gasteiger charge is -2.33. The van der Waals surface area contributed by atoms with Gasteiger partial charge in [0.2, 0.25) is 5.91 Å². The van der Waals surface area contributed by atoms with E-state index in [9.17, 15) is 9.90 Å². The summed E-state index contributed by atoms with van der Waals surface area (Å²) in [6.45, 7) is 20.9. The van der Waals surface area contributed by atoms with E-state index in [4.69, 9.17) is 26.3 Å². The molecule has 3 heterocycles. The minimum atomic E-state index is -0.328. The Morgan fingerprint density at radius 2 is 1.51 bits per heavy atom. The van der Waals surface area contributed by atoms with Gasteiger partial charge in [-0.05, 0) is 114 Å². The average Bonchev–Trinajstić information content (AvgIpc) is 3.09. The molecule has 1 aliphatic rings. The Balaban J connectivity index is 0.000000204. The maximum atomic E-state index is 12.5. The van der Waals surface area contributed by atoms with Crippen LogP contribution >= 0.6 is 11.6 Å². The molecule has 0 radical (unpaired) electrons. The second-order valence-corrected chi connectivity index (χ2v) is 14.7. The lowest BCUT2D eigenvalue weighted by Crippen LogP contribution is -2.37. The molecule has 6 rings (SSSR count). The number of aromatic nitrogens is 2. The monoisotopic (exact) mass is 735 g/mol. The number of carbonyl (C=O) groups excluding carboxylic acids is 1. The van der Waals surface area contributed by atoms with Gasteiger partial charge in [0.05, 0.1) is 12.1 Å². The van der Waals surface area contributed by atoms with Crippen LogP contribution in [0.3, 0.4) is 0 Å². The quantitative estimate of drug-likeness (QED) is 0.131. The van der Waals surface area contributed by atoms with Crippen LogP contribution in [0.1, 0.15) is 79.2 Å². The van der Waals surface area contributed by atoms with Gasteiger partial charge in [-0.2, -0.15) is 0 Å². The smallest absolute Gasteiger partial charge is 0.244 e. The third kappa shape index (κ3) is 8.77. The van der Waals surface area contributed by atoms with Crippen LogP contribution in [0.4, 0.5) is 22.9 Å². The van der Waals surface area contributed by atoms with E-state index in [-0.39, 0.29) is 25.2 Å². The molecule has 280 valence electrons. The lowest BCUT2D eigenvalue weighted by atomic mass is 9.93. The maximum Gasteiger partial charge on any atom is 0.244 e. The molecule has 0 saturated carbocycles. The first-order chi connectivity index (χ1) is 25.3. The number of amides is 1. The highest BCUT2D eigenvalue weighted by Crippen LogP contribution is 2.43. The molecule has 2 aromatic heterocycles. The summed E-state index contributed by atoms with van der Waals surface area (Å²) in [6.07, 6.45) is 2.55. The Labute approximate surface area is 320 Å². The van der Waals surface area contributed by atoms with Crippen LogP contribution in [0.2, 0.25) is 5.02 Å². The van der Waals surface area contributed by atoms with Crippen LogP contribution in [0, 0.1) is 48.5 Å². The molecule has 3 N–H and O–H groups in total. The fraction of sp³-hybridized carbons (Fsp3) is 0.386. The van der Waals surface area contributed by atoms with E-state index in [2.05, 4.69) is 88.6 Å². The standard InChI is InChI=1S/C23H27ClN2.C21H27N3O3/c1-6-18(7-2)26-21-13-16(5)25-23-19(21)9-8-10-20(23)22-14(3)11-17(24)12-15(22)4;1-6-16(11-25)27-17-9-15(5)22-21-19(17)23-18(26)10-24(21)20-13(3)7-12(2)8-14(20)4/h8-13,18H,6-7H2,1-5H3,(H,25,26);7-9,16,25H,6,10-11H2,1-5H3,(H,23,26). The zero-order chi connectivity index (χ0) is 38.6. The molecule has 1 aliphatic heterocycles. The van der Waals surface area contributed by atoms with Crippen molar-refractivity contribution in [3.63, 3.8) is 0 Å². The molecule has 0 fully saturated rings. The van der Waals surface area contributed by atoms with Gasteiger partial charge in [-0.15, -0.1) is 0 Å². The molecule has 8 nitrogen and oxygen atoms in total. The van der Waals surface area contributed by atoms with Crippen molar-refractivity contribution in [1.82, 2.24) is 9.97 Å². The van der Waals surface area contributed by atoms with Crippen molar-refractivity contribution >= 4 is 51.3 Å². The van der Waals surface area contributed by atoms with Gasteiger partial charge in [-0.1, -0.05) is 68.3 Å². The van der Waals surface area contributed by atoms with Crippen LogP contribution in [-0.4, -0.2) is 46.3 Å². The van der Waals surface area contributed by atoms with E-state index < -0.39 is 0 Å². The molecule has 1 unspecified atom stereocenters. The Morgan fingerprint density at radius 3 is 2.11 bits per heavy atom. The number of para-hydroxylation sites is 1. The summed E-state index contributed by atoms with van der Waals surface area (Å²) in [7, 11) is 0. The fourth-order valence-electron chi connectivity index (χ4n) is 7.39. The first-order valence-electron chi connectivity index (χ1n) is 18.7. The third-order valence-electron chi connectivity index (χ3n) is 9.85. The number of hydrogen-bond donors (Lipinski definition) is 3. The number of nitrogens with zero attached hydrogens (tertiary/aromatic N) is 3.